The lowest BCUT2D eigenvalue weighted by Gasteiger charge is -2.06. The van der Waals surface area contributed by atoms with E-state index in [2.05, 4.69) is 10.3 Å². The van der Waals surface area contributed by atoms with Gasteiger partial charge in [0.05, 0.1) is 11.3 Å². The van der Waals surface area contributed by atoms with Gasteiger partial charge in [-0.15, -0.1) is 11.3 Å². The van der Waals surface area contributed by atoms with Gasteiger partial charge < -0.3 is 4.74 Å². The molecule has 0 saturated carbocycles. The molecule has 6 heteroatoms. The largest absolute Gasteiger partial charge is 0.452 e. The van der Waals surface area contributed by atoms with Crippen molar-refractivity contribution in [1.29, 1.82) is 0 Å². The molecule has 1 N–H and O–H groups in total. The van der Waals surface area contributed by atoms with Crippen LogP contribution in [0.1, 0.15) is 27.0 Å². The third-order valence-corrected chi connectivity index (χ3v) is 4.65. The smallest absolute Gasteiger partial charge is 0.338 e. The lowest BCUT2D eigenvalue weighted by molar-refractivity contribution is -0.119. The number of nitrogens with zero attached hydrogens (tertiary/aromatic N) is 1. The van der Waals surface area contributed by atoms with Gasteiger partial charge in [0.1, 0.15) is 0 Å². The van der Waals surface area contributed by atoms with Crippen molar-refractivity contribution in [2.24, 2.45) is 0 Å². The summed E-state index contributed by atoms with van der Waals surface area (Å²) >= 11 is 1.33. The minimum Gasteiger partial charge on any atom is -0.452 e. The van der Waals surface area contributed by atoms with Crippen LogP contribution in [0.4, 0.5) is 5.13 Å². The van der Waals surface area contributed by atoms with Crippen LogP contribution in [0.5, 0.6) is 0 Å². The Hall–Kier alpha value is -2.99. The molecule has 0 spiro atoms. The van der Waals surface area contributed by atoms with Gasteiger partial charge in [-0.1, -0.05) is 47.0 Å². The summed E-state index contributed by atoms with van der Waals surface area (Å²) in [4.78, 5) is 28.6. The van der Waals surface area contributed by atoms with Gasteiger partial charge >= 0.3 is 5.97 Å². The summed E-state index contributed by atoms with van der Waals surface area (Å²) < 4.78 is 5.10. The van der Waals surface area contributed by atoms with Crippen molar-refractivity contribution in [3.8, 4) is 11.3 Å². The van der Waals surface area contributed by atoms with Crippen LogP contribution in [-0.4, -0.2) is 23.5 Å². The molecule has 0 radical (unpaired) electrons. The zero-order valence-corrected chi connectivity index (χ0v) is 16.2. The van der Waals surface area contributed by atoms with Crippen molar-refractivity contribution in [2.45, 2.75) is 20.8 Å². The zero-order chi connectivity index (χ0) is 19.4. The Morgan fingerprint density at radius 3 is 2.33 bits per heavy atom. The van der Waals surface area contributed by atoms with E-state index in [1.807, 2.05) is 56.5 Å². The molecule has 0 fully saturated rings. The van der Waals surface area contributed by atoms with E-state index in [-0.39, 0.29) is 6.61 Å². The second kappa shape index (κ2) is 8.14. The van der Waals surface area contributed by atoms with Crippen LogP contribution in [-0.2, 0) is 9.53 Å². The maximum absolute atomic E-state index is 12.1. The number of aryl methyl sites for hydroxylation is 3. The van der Waals surface area contributed by atoms with E-state index in [0.717, 1.165) is 22.4 Å². The molecule has 3 rings (SSSR count). The Morgan fingerprint density at radius 1 is 1.00 bits per heavy atom. The molecule has 0 atom stereocenters. The SMILES string of the molecule is Cc1ccc(-c2csc(NC(=O)COC(=O)c3cc(C)cc(C)c3)n2)cc1. The molecule has 0 bridgehead atoms. The highest BCUT2D eigenvalue weighted by Crippen LogP contribution is 2.25. The van der Waals surface area contributed by atoms with Gasteiger partial charge in [-0.2, -0.15) is 0 Å². The number of carbonyl (C=O) groups is 2. The summed E-state index contributed by atoms with van der Waals surface area (Å²) in [5, 5.41) is 5.01. The molecular weight excluding hydrogens is 360 g/mol. The third-order valence-electron chi connectivity index (χ3n) is 3.89. The van der Waals surface area contributed by atoms with Gasteiger partial charge in [-0.05, 0) is 32.9 Å². The van der Waals surface area contributed by atoms with Crippen molar-refractivity contribution in [2.75, 3.05) is 11.9 Å². The molecule has 1 heterocycles. The number of hydrogen-bond acceptors (Lipinski definition) is 5. The molecule has 0 saturated heterocycles. The van der Waals surface area contributed by atoms with Crippen LogP contribution in [0.2, 0.25) is 0 Å². The van der Waals surface area contributed by atoms with Crippen molar-refractivity contribution in [1.82, 2.24) is 4.98 Å². The molecule has 5 nitrogen and oxygen atoms in total. The standard InChI is InChI=1S/C21H20N2O3S/c1-13-4-6-16(7-5-13)18-12-27-21(22-18)23-19(24)11-26-20(25)17-9-14(2)8-15(3)10-17/h4-10,12H,11H2,1-3H3,(H,22,23,24). The first-order valence-electron chi connectivity index (χ1n) is 8.48. The molecule has 0 aliphatic heterocycles. The highest BCUT2D eigenvalue weighted by Gasteiger charge is 2.13. The van der Waals surface area contributed by atoms with Crippen LogP contribution in [0, 0.1) is 20.8 Å². The molecule has 1 amide bonds. The summed E-state index contributed by atoms with van der Waals surface area (Å²) in [7, 11) is 0. The number of benzene rings is 2. The predicted molar refractivity (Wildman–Crippen MR) is 107 cm³/mol. The Labute approximate surface area is 162 Å². The summed E-state index contributed by atoms with van der Waals surface area (Å²) in [6.07, 6.45) is 0. The Morgan fingerprint density at radius 2 is 1.67 bits per heavy atom. The lowest BCUT2D eigenvalue weighted by atomic mass is 10.1. The van der Waals surface area contributed by atoms with Crippen LogP contribution in [0.25, 0.3) is 11.3 Å². The van der Waals surface area contributed by atoms with Gasteiger partial charge in [0.25, 0.3) is 5.91 Å². The molecule has 2 aromatic carbocycles. The van der Waals surface area contributed by atoms with E-state index in [4.69, 9.17) is 4.74 Å². The molecule has 3 aromatic rings. The lowest BCUT2D eigenvalue weighted by Crippen LogP contribution is -2.21. The monoisotopic (exact) mass is 380 g/mol. The molecule has 0 unspecified atom stereocenters. The predicted octanol–water partition coefficient (Wildman–Crippen LogP) is 4.53. The van der Waals surface area contributed by atoms with Crippen LogP contribution >= 0.6 is 11.3 Å². The fourth-order valence-corrected chi connectivity index (χ4v) is 3.39. The topological polar surface area (TPSA) is 68.3 Å². The number of rotatable bonds is 5. The maximum atomic E-state index is 12.1. The first kappa shape index (κ1) is 18.8. The number of ether oxygens (including phenoxy) is 1. The Balaban J connectivity index is 1.56. The Kier molecular flexibility index (Phi) is 5.66. The fraction of sp³-hybridized carbons (Fsp3) is 0.190. The van der Waals surface area contributed by atoms with Crippen molar-refractivity contribution in [3.05, 3.63) is 70.1 Å². The number of hydrogen-bond donors (Lipinski definition) is 1. The van der Waals surface area contributed by atoms with Crippen molar-refractivity contribution < 1.29 is 14.3 Å². The summed E-state index contributed by atoms with van der Waals surface area (Å²) in [5.41, 5.74) is 5.33. The molecule has 0 aliphatic carbocycles. The second-order valence-electron chi connectivity index (χ2n) is 6.40. The number of nitrogens with one attached hydrogen (secondary N) is 1. The summed E-state index contributed by atoms with van der Waals surface area (Å²) in [5.74, 6) is -0.936. The van der Waals surface area contributed by atoms with Crippen LogP contribution < -0.4 is 5.32 Å². The second-order valence-corrected chi connectivity index (χ2v) is 7.26. The van der Waals surface area contributed by atoms with Crippen LogP contribution in [0.3, 0.4) is 0 Å². The van der Waals surface area contributed by atoms with E-state index < -0.39 is 11.9 Å². The number of esters is 1. The van der Waals surface area contributed by atoms with Crippen molar-refractivity contribution >= 4 is 28.3 Å². The summed E-state index contributed by atoms with van der Waals surface area (Å²) in [6, 6.07) is 13.4. The van der Waals surface area contributed by atoms with Gasteiger partial charge in [0.2, 0.25) is 0 Å². The van der Waals surface area contributed by atoms with Gasteiger partial charge in [0, 0.05) is 10.9 Å². The van der Waals surface area contributed by atoms with Crippen LogP contribution in [0.15, 0.2) is 47.8 Å². The van der Waals surface area contributed by atoms with Gasteiger partial charge in [0.15, 0.2) is 11.7 Å². The molecule has 27 heavy (non-hydrogen) atoms. The van der Waals surface area contributed by atoms with E-state index in [1.54, 1.807) is 12.1 Å². The highest BCUT2D eigenvalue weighted by molar-refractivity contribution is 7.14. The number of thiazole rings is 1. The highest BCUT2D eigenvalue weighted by atomic mass is 32.1. The number of anilines is 1. The average molecular weight is 380 g/mol. The normalized spacial score (nSPS) is 10.5. The third kappa shape index (κ3) is 5.01. The molecule has 1 aromatic heterocycles. The first-order chi connectivity index (χ1) is 12.9. The molecular formula is C21H20N2O3S. The maximum Gasteiger partial charge on any atom is 0.338 e. The molecule has 0 aliphatic rings. The fourth-order valence-electron chi connectivity index (χ4n) is 2.65. The van der Waals surface area contributed by atoms with E-state index in [0.29, 0.717) is 10.7 Å². The molecule has 138 valence electrons. The quantitative estimate of drug-likeness (QED) is 0.660. The summed E-state index contributed by atoms with van der Waals surface area (Å²) in [6.45, 7) is 5.48. The minimum absolute atomic E-state index is 0.356. The first-order valence-corrected chi connectivity index (χ1v) is 9.36. The van der Waals surface area contributed by atoms with Gasteiger partial charge in [-0.3, -0.25) is 10.1 Å². The number of carbonyl (C=O) groups excluding carboxylic acids is 2. The Bertz CT molecular complexity index is 957. The van der Waals surface area contributed by atoms with Crippen molar-refractivity contribution in [3.63, 3.8) is 0 Å². The van der Waals surface area contributed by atoms with E-state index >= 15 is 0 Å². The number of aromatic nitrogens is 1. The zero-order valence-electron chi connectivity index (χ0n) is 15.4. The minimum atomic E-state index is -0.517. The van der Waals surface area contributed by atoms with Gasteiger partial charge in [-0.25, -0.2) is 9.78 Å². The van der Waals surface area contributed by atoms with E-state index in [9.17, 15) is 9.59 Å². The number of amides is 1. The average Bonchev–Trinajstić information content (AvgIpc) is 3.08. The van der Waals surface area contributed by atoms with E-state index in [1.165, 1.54) is 16.9 Å².